The van der Waals surface area contributed by atoms with Gasteiger partial charge in [-0.3, -0.25) is 0 Å². The minimum absolute atomic E-state index is 0.858. The summed E-state index contributed by atoms with van der Waals surface area (Å²) in [5, 5.41) is 6.41. The summed E-state index contributed by atoms with van der Waals surface area (Å²) in [6.45, 7) is 3.04. The zero-order valence-corrected chi connectivity index (χ0v) is 10.5. The van der Waals surface area contributed by atoms with Crippen LogP contribution in [0.25, 0.3) is 10.6 Å². The highest BCUT2D eigenvalue weighted by molar-refractivity contribution is 7.16. The van der Waals surface area contributed by atoms with Crippen molar-refractivity contribution >= 4 is 22.7 Å². The second-order valence-corrected chi connectivity index (χ2v) is 5.39. The van der Waals surface area contributed by atoms with E-state index >= 15 is 0 Å². The van der Waals surface area contributed by atoms with Gasteiger partial charge in [0.15, 0.2) is 0 Å². The van der Waals surface area contributed by atoms with Crippen molar-refractivity contribution in [3.63, 3.8) is 0 Å². The maximum absolute atomic E-state index is 4.58. The molecule has 0 aliphatic carbocycles. The fraction of sp³-hybridized carbons (Fsp3) is 0.364. The summed E-state index contributed by atoms with van der Waals surface area (Å²) >= 11 is 3.56. The molecule has 0 radical (unpaired) electrons. The van der Waals surface area contributed by atoms with E-state index in [1.807, 2.05) is 18.4 Å². The van der Waals surface area contributed by atoms with Gasteiger partial charge in [0.2, 0.25) is 0 Å². The van der Waals surface area contributed by atoms with E-state index in [0.29, 0.717) is 0 Å². The van der Waals surface area contributed by atoms with Crippen LogP contribution in [0.15, 0.2) is 17.5 Å². The van der Waals surface area contributed by atoms with Crippen molar-refractivity contribution in [3.05, 3.63) is 27.4 Å². The normalized spacial score (nSPS) is 10.8. The van der Waals surface area contributed by atoms with Crippen LogP contribution in [0.4, 0.5) is 0 Å². The number of nitrogens with one attached hydrogen (secondary N) is 1. The van der Waals surface area contributed by atoms with Gasteiger partial charge >= 0.3 is 0 Å². The first-order valence-corrected chi connectivity index (χ1v) is 6.71. The van der Waals surface area contributed by atoms with Crippen molar-refractivity contribution in [1.29, 1.82) is 0 Å². The van der Waals surface area contributed by atoms with Crippen molar-refractivity contribution in [3.8, 4) is 10.6 Å². The lowest BCUT2D eigenvalue weighted by Crippen LogP contribution is -2.04. The van der Waals surface area contributed by atoms with Crippen LogP contribution >= 0.6 is 22.7 Å². The van der Waals surface area contributed by atoms with Gasteiger partial charge in [-0.05, 0) is 25.6 Å². The third-order valence-electron chi connectivity index (χ3n) is 2.14. The molecule has 2 heterocycles. The number of aromatic nitrogens is 1. The van der Waals surface area contributed by atoms with Gasteiger partial charge in [-0.2, -0.15) is 0 Å². The van der Waals surface area contributed by atoms with Gasteiger partial charge in [0.05, 0.1) is 10.6 Å². The number of hydrogen-bond acceptors (Lipinski definition) is 4. The van der Waals surface area contributed by atoms with Crippen LogP contribution in [-0.2, 0) is 13.0 Å². The SMILES string of the molecule is CCc1ccc(-c2csc(CNC)n2)s1. The zero-order valence-electron chi connectivity index (χ0n) is 8.91. The second-order valence-electron chi connectivity index (χ2n) is 3.28. The molecule has 0 saturated heterocycles. The van der Waals surface area contributed by atoms with Gasteiger partial charge in [0.25, 0.3) is 0 Å². The molecule has 1 N–H and O–H groups in total. The first-order chi connectivity index (χ1) is 7.33. The summed E-state index contributed by atoms with van der Waals surface area (Å²) < 4.78 is 0. The van der Waals surface area contributed by atoms with Gasteiger partial charge < -0.3 is 5.32 Å². The monoisotopic (exact) mass is 238 g/mol. The van der Waals surface area contributed by atoms with Gasteiger partial charge in [0, 0.05) is 16.8 Å². The Bertz CT molecular complexity index is 431. The average Bonchev–Trinajstić information content (AvgIpc) is 2.85. The predicted molar refractivity (Wildman–Crippen MR) is 67.6 cm³/mol. The van der Waals surface area contributed by atoms with Gasteiger partial charge in [-0.1, -0.05) is 6.92 Å². The van der Waals surface area contributed by atoms with E-state index in [1.54, 1.807) is 11.3 Å². The van der Waals surface area contributed by atoms with E-state index in [2.05, 4.69) is 34.7 Å². The quantitative estimate of drug-likeness (QED) is 0.885. The van der Waals surface area contributed by atoms with Crippen LogP contribution < -0.4 is 5.32 Å². The van der Waals surface area contributed by atoms with E-state index in [0.717, 1.165) is 23.7 Å². The van der Waals surface area contributed by atoms with Gasteiger partial charge in [0.1, 0.15) is 5.01 Å². The lowest BCUT2D eigenvalue weighted by Gasteiger charge is -1.91. The zero-order chi connectivity index (χ0) is 10.7. The van der Waals surface area contributed by atoms with Crippen LogP contribution in [0.1, 0.15) is 16.8 Å². The minimum Gasteiger partial charge on any atom is -0.314 e. The van der Waals surface area contributed by atoms with E-state index in [4.69, 9.17) is 0 Å². The Morgan fingerprint density at radius 2 is 2.27 bits per heavy atom. The van der Waals surface area contributed by atoms with E-state index in [1.165, 1.54) is 9.75 Å². The summed E-state index contributed by atoms with van der Waals surface area (Å²) in [6.07, 6.45) is 1.11. The topological polar surface area (TPSA) is 24.9 Å². The van der Waals surface area contributed by atoms with E-state index < -0.39 is 0 Å². The third kappa shape index (κ3) is 2.45. The number of rotatable bonds is 4. The first kappa shape index (κ1) is 10.8. The molecule has 0 spiro atoms. The summed E-state index contributed by atoms with van der Waals surface area (Å²) in [4.78, 5) is 7.29. The van der Waals surface area contributed by atoms with Gasteiger partial charge in [-0.15, -0.1) is 22.7 Å². The molecule has 0 aromatic carbocycles. The molecule has 2 aromatic heterocycles. The van der Waals surface area contributed by atoms with Crippen LogP contribution in [0.3, 0.4) is 0 Å². The molecule has 0 amide bonds. The third-order valence-corrected chi connectivity index (χ3v) is 4.24. The summed E-state index contributed by atoms with van der Waals surface area (Å²) in [7, 11) is 1.95. The first-order valence-electron chi connectivity index (χ1n) is 5.01. The number of thiazole rings is 1. The largest absolute Gasteiger partial charge is 0.314 e. The summed E-state index contributed by atoms with van der Waals surface area (Å²) in [5.41, 5.74) is 1.12. The number of nitrogens with zero attached hydrogens (tertiary/aromatic N) is 1. The number of hydrogen-bond donors (Lipinski definition) is 1. The second kappa shape index (κ2) is 4.88. The van der Waals surface area contributed by atoms with E-state index in [-0.39, 0.29) is 0 Å². The molecule has 2 rings (SSSR count). The molecule has 0 aliphatic rings. The van der Waals surface area contributed by atoms with Crippen molar-refractivity contribution in [2.45, 2.75) is 19.9 Å². The Morgan fingerprint density at radius 3 is 2.93 bits per heavy atom. The maximum Gasteiger partial charge on any atom is 0.107 e. The average molecular weight is 238 g/mol. The van der Waals surface area contributed by atoms with Crippen molar-refractivity contribution in [2.24, 2.45) is 0 Å². The summed E-state index contributed by atoms with van der Waals surface area (Å²) in [5.74, 6) is 0. The van der Waals surface area contributed by atoms with Crippen LogP contribution in [0.5, 0.6) is 0 Å². The highest BCUT2D eigenvalue weighted by Crippen LogP contribution is 2.29. The van der Waals surface area contributed by atoms with Crippen LogP contribution in [0.2, 0.25) is 0 Å². The Balaban J connectivity index is 2.21. The molecule has 0 bridgehead atoms. The molecule has 80 valence electrons. The molecule has 15 heavy (non-hydrogen) atoms. The van der Waals surface area contributed by atoms with Crippen molar-refractivity contribution < 1.29 is 0 Å². The predicted octanol–water partition coefficient (Wildman–Crippen LogP) is 3.15. The van der Waals surface area contributed by atoms with Crippen molar-refractivity contribution in [2.75, 3.05) is 7.05 Å². The smallest absolute Gasteiger partial charge is 0.107 e. The standard InChI is InChI=1S/C11H14N2S2/c1-3-8-4-5-10(15-8)9-7-14-11(13-9)6-12-2/h4-5,7,12H,3,6H2,1-2H3. The Kier molecular flexibility index (Phi) is 3.51. The Labute approximate surface area is 98.0 Å². The van der Waals surface area contributed by atoms with Crippen LogP contribution in [0, 0.1) is 0 Å². The lowest BCUT2D eigenvalue weighted by atomic mass is 10.3. The molecule has 2 aromatic rings. The Hall–Kier alpha value is -0.710. The van der Waals surface area contributed by atoms with Gasteiger partial charge in [-0.25, -0.2) is 4.98 Å². The summed E-state index contributed by atoms with van der Waals surface area (Å²) in [6, 6.07) is 4.36. The highest BCUT2D eigenvalue weighted by Gasteiger charge is 2.06. The highest BCUT2D eigenvalue weighted by atomic mass is 32.1. The molecule has 0 saturated carbocycles. The maximum atomic E-state index is 4.58. The number of thiophene rings is 1. The fourth-order valence-corrected chi connectivity index (χ4v) is 3.15. The fourth-order valence-electron chi connectivity index (χ4n) is 1.36. The minimum atomic E-state index is 0.858. The molecular weight excluding hydrogens is 224 g/mol. The molecular formula is C11H14N2S2. The molecule has 0 unspecified atom stereocenters. The Morgan fingerprint density at radius 1 is 1.40 bits per heavy atom. The molecule has 4 heteroatoms. The lowest BCUT2D eigenvalue weighted by molar-refractivity contribution is 0.811. The molecule has 0 fully saturated rings. The van der Waals surface area contributed by atoms with Crippen molar-refractivity contribution in [1.82, 2.24) is 10.3 Å². The molecule has 2 nitrogen and oxygen atoms in total. The van der Waals surface area contributed by atoms with Crippen LogP contribution in [-0.4, -0.2) is 12.0 Å². The molecule has 0 atom stereocenters. The molecule has 0 aliphatic heterocycles. The number of aryl methyl sites for hydroxylation is 1. The van der Waals surface area contributed by atoms with E-state index in [9.17, 15) is 0 Å².